The summed E-state index contributed by atoms with van der Waals surface area (Å²) in [6.45, 7) is 0. The molecule has 11 heteroatoms. The van der Waals surface area contributed by atoms with Crippen molar-refractivity contribution in [3.63, 3.8) is 0 Å². The zero-order valence-corrected chi connectivity index (χ0v) is 11.4. The SMILES string of the molecule is O=C(c1cc(O)c(O)c([N+](=O)[O-])c1)c1ccc[n+]([O-])c1C(F)(F)F. The van der Waals surface area contributed by atoms with Crippen LogP contribution in [0, 0.1) is 15.3 Å². The molecule has 0 aliphatic heterocycles. The molecule has 0 unspecified atom stereocenters. The van der Waals surface area contributed by atoms with E-state index in [9.17, 15) is 43.5 Å². The highest BCUT2D eigenvalue weighted by atomic mass is 19.4. The van der Waals surface area contributed by atoms with Crippen molar-refractivity contribution < 1.29 is 37.8 Å². The Morgan fingerprint density at radius 3 is 2.42 bits per heavy atom. The van der Waals surface area contributed by atoms with Gasteiger partial charge in [0, 0.05) is 17.7 Å². The Morgan fingerprint density at radius 1 is 1.25 bits per heavy atom. The van der Waals surface area contributed by atoms with Gasteiger partial charge in [-0.25, -0.2) is 0 Å². The fourth-order valence-corrected chi connectivity index (χ4v) is 1.98. The Hall–Kier alpha value is -3.37. The second-order valence-electron chi connectivity index (χ2n) is 4.54. The van der Waals surface area contributed by atoms with Crippen molar-refractivity contribution in [2.75, 3.05) is 0 Å². The van der Waals surface area contributed by atoms with Gasteiger partial charge in [-0.2, -0.15) is 17.9 Å². The fourth-order valence-electron chi connectivity index (χ4n) is 1.98. The van der Waals surface area contributed by atoms with Crippen molar-refractivity contribution >= 4 is 11.5 Å². The standard InChI is InChI=1S/C13H7F3N2O6/c14-13(15,16)12-7(2-1-3-17(12)22)10(20)6-4-8(18(23)24)11(21)9(19)5-6/h1-5,19,21H. The van der Waals surface area contributed by atoms with Gasteiger partial charge in [0.25, 0.3) is 0 Å². The number of pyridine rings is 1. The molecule has 0 saturated carbocycles. The van der Waals surface area contributed by atoms with Gasteiger partial charge in [0.1, 0.15) is 5.56 Å². The highest BCUT2D eigenvalue weighted by Gasteiger charge is 2.44. The van der Waals surface area contributed by atoms with Crippen LogP contribution < -0.4 is 4.73 Å². The van der Waals surface area contributed by atoms with Crippen molar-refractivity contribution in [3.8, 4) is 11.5 Å². The molecule has 2 aromatic rings. The molecule has 126 valence electrons. The molecule has 0 aliphatic rings. The van der Waals surface area contributed by atoms with Crippen LogP contribution in [0.3, 0.4) is 0 Å². The zero-order valence-electron chi connectivity index (χ0n) is 11.4. The van der Waals surface area contributed by atoms with Crippen molar-refractivity contribution in [3.05, 3.63) is 62.6 Å². The maximum Gasteiger partial charge on any atom is 0.479 e. The summed E-state index contributed by atoms with van der Waals surface area (Å²) in [7, 11) is 0. The third kappa shape index (κ3) is 2.91. The summed E-state index contributed by atoms with van der Waals surface area (Å²) in [5.41, 5.74) is -4.63. The number of nitrogens with zero attached hydrogens (tertiary/aromatic N) is 2. The van der Waals surface area contributed by atoms with Crippen LogP contribution in [0.15, 0.2) is 30.5 Å². The van der Waals surface area contributed by atoms with Crippen molar-refractivity contribution in [2.24, 2.45) is 0 Å². The van der Waals surface area contributed by atoms with Gasteiger partial charge >= 0.3 is 17.6 Å². The number of benzene rings is 1. The van der Waals surface area contributed by atoms with E-state index in [1.807, 2.05) is 0 Å². The van der Waals surface area contributed by atoms with E-state index < -0.39 is 55.6 Å². The topological polar surface area (TPSA) is 128 Å². The predicted octanol–water partition coefficient (Wildman–Crippen LogP) is 1.89. The molecule has 0 aliphatic carbocycles. The largest absolute Gasteiger partial charge is 0.618 e. The minimum absolute atomic E-state index is 0.500. The van der Waals surface area contributed by atoms with Crippen LogP contribution in [-0.4, -0.2) is 20.9 Å². The molecule has 2 rings (SSSR count). The molecule has 0 fully saturated rings. The number of rotatable bonds is 3. The number of aromatic hydroxyl groups is 2. The third-order valence-corrected chi connectivity index (χ3v) is 3.00. The van der Waals surface area contributed by atoms with E-state index in [1.54, 1.807) is 0 Å². The van der Waals surface area contributed by atoms with Gasteiger partial charge in [0.2, 0.25) is 5.75 Å². The molecule has 1 heterocycles. The molecule has 0 amide bonds. The minimum atomic E-state index is -5.15. The van der Waals surface area contributed by atoms with Crippen LogP contribution in [0.4, 0.5) is 18.9 Å². The number of nitro benzene ring substituents is 1. The molecule has 2 N–H and O–H groups in total. The monoisotopic (exact) mass is 344 g/mol. The second kappa shape index (κ2) is 5.68. The van der Waals surface area contributed by atoms with Crippen molar-refractivity contribution in [1.29, 1.82) is 0 Å². The second-order valence-corrected chi connectivity index (χ2v) is 4.54. The molecule has 0 bridgehead atoms. The minimum Gasteiger partial charge on any atom is -0.618 e. The predicted molar refractivity (Wildman–Crippen MR) is 70.3 cm³/mol. The number of halogens is 3. The first kappa shape index (κ1) is 17.0. The summed E-state index contributed by atoms with van der Waals surface area (Å²) in [5, 5.41) is 40.9. The molecule has 0 saturated heterocycles. The molecule has 0 atom stereocenters. The third-order valence-electron chi connectivity index (χ3n) is 3.00. The zero-order chi connectivity index (χ0) is 18.2. The number of alkyl halides is 3. The smallest absolute Gasteiger partial charge is 0.479 e. The number of hydrogen-bond donors (Lipinski definition) is 2. The van der Waals surface area contributed by atoms with E-state index in [-0.39, 0.29) is 0 Å². The van der Waals surface area contributed by atoms with E-state index in [0.717, 1.165) is 12.1 Å². The van der Waals surface area contributed by atoms with E-state index in [1.165, 1.54) is 0 Å². The lowest BCUT2D eigenvalue weighted by Crippen LogP contribution is -2.38. The molecule has 8 nitrogen and oxygen atoms in total. The van der Waals surface area contributed by atoms with Gasteiger partial charge in [-0.3, -0.25) is 14.9 Å². The lowest BCUT2D eigenvalue weighted by atomic mass is 10.0. The molecule has 1 aromatic heterocycles. The van der Waals surface area contributed by atoms with Crippen LogP contribution in [0.2, 0.25) is 0 Å². The summed E-state index contributed by atoms with van der Waals surface area (Å²) in [6.07, 6.45) is -4.62. The summed E-state index contributed by atoms with van der Waals surface area (Å²) in [6, 6.07) is 2.67. The summed E-state index contributed by atoms with van der Waals surface area (Å²) in [5.74, 6) is -3.59. The first-order chi connectivity index (χ1) is 11.0. The van der Waals surface area contributed by atoms with E-state index in [4.69, 9.17) is 0 Å². The van der Waals surface area contributed by atoms with E-state index >= 15 is 0 Å². The van der Waals surface area contributed by atoms with Crippen LogP contribution in [-0.2, 0) is 6.18 Å². The maximum atomic E-state index is 13.0. The van der Waals surface area contributed by atoms with Crippen LogP contribution >= 0.6 is 0 Å². The van der Waals surface area contributed by atoms with Gasteiger partial charge in [-0.15, -0.1) is 0 Å². The number of phenolic OH excluding ortho intramolecular Hbond substituents is 2. The van der Waals surface area contributed by atoms with Crippen LogP contribution in [0.25, 0.3) is 0 Å². The number of nitro groups is 1. The first-order valence-electron chi connectivity index (χ1n) is 6.08. The molecule has 0 radical (unpaired) electrons. The Balaban J connectivity index is 2.67. The normalized spacial score (nSPS) is 11.3. The lowest BCUT2D eigenvalue weighted by Gasteiger charge is -2.11. The van der Waals surface area contributed by atoms with Gasteiger partial charge < -0.3 is 15.4 Å². The Bertz CT molecular complexity index is 850. The average molecular weight is 344 g/mol. The van der Waals surface area contributed by atoms with Crippen LogP contribution in [0.1, 0.15) is 21.6 Å². The number of aromatic nitrogens is 1. The molecule has 0 spiro atoms. The number of phenols is 2. The van der Waals surface area contributed by atoms with E-state index in [0.29, 0.717) is 18.3 Å². The van der Waals surface area contributed by atoms with Gasteiger partial charge in [-0.1, -0.05) is 0 Å². The van der Waals surface area contributed by atoms with Gasteiger partial charge in [0.15, 0.2) is 17.7 Å². The van der Waals surface area contributed by atoms with Crippen LogP contribution in [0.5, 0.6) is 11.5 Å². The summed E-state index contributed by atoms with van der Waals surface area (Å²) in [4.78, 5) is 21.9. The fraction of sp³-hybridized carbons (Fsp3) is 0.0769. The average Bonchev–Trinajstić information content (AvgIpc) is 2.47. The number of carbonyl (C=O) groups excluding carboxylic acids is 1. The Kier molecular flexibility index (Phi) is 4.02. The van der Waals surface area contributed by atoms with Gasteiger partial charge in [0.05, 0.1) is 4.92 Å². The van der Waals surface area contributed by atoms with Gasteiger partial charge in [-0.05, 0) is 12.1 Å². The Morgan fingerprint density at radius 2 is 1.88 bits per heavy atom. The molecular weight excluding hydrogens is 337 g/mol. The molecule has 1 aromatic carbocycles. The lowest BCUT2D eigenvalue weighted by molar-refractivity contribution is -0.629. The first-order valence-corrected chi connectivity index (χ1v) is 6.08. The summed E-state index contributed by atoms with van der Waals surface area (Å²) < 4.78 is 38.3. The Labute approximate surface area is 130 Å². The molecule has 24 heavy (non-hydrogen) atoms. The summed E-state index contributed by atoms with van der Waals surface area (Å²) >= 11 is 0. The maximum absolute atomic E-state index is 13.0. The van der Waals surface area contributed by atoms with Crippen molar-refractivity contribution in [2.45, 2.75) is 6.18 Å². The number of hydrogen-bond acceptors (Lipinski definition) is 6. The molecular formula is C13H7F3N2O6. The van der Waals surface area contributed by atoms with E-state index in [2.05, 4.69) is 0 Å². The quantitative estimate of drug-likeness (QED) is 0.219. The van der Waals surface area contributed by atoms with Crippen molar-refractivity contribution in [1.82, 2.24) is 0 Å². The number of ketones is 1. The highest BCUT2D eigenvalue weighted by Crippen LogP contribution is 2.37. The number of carbonyl (C=O) groups is 1. The highest BCUT2D eigenvalue weighted by molar-refractivity contribution is 6.10.